The molecule has 0 aliphatic heterocycles. The average molecular weight is 439 g/mol. The standard InChI is InChI=1S/C16H27ClN4.HI/c1-12(2)5-4-6-13(3)21-16(18)19-10-9-14-7-8-15(17)20-11-14;/h7-8,11-13H,4-6,9-10H2,1-3H3,(H3,18,19,21);1H. The number of aliphatic imine (C=N–C) groups is 1. The molecular weight excluding hydrogens is 411 g/mol. The van der Waals surface area contributed by atoms with Gasteiger partial charge >= 0.3 is 0 Å². The largest absolute Gasteiger partial charge is 0.370 e. The van der Waals surface area contributed by atoms with Gasteiger partial charge in [0.25, 0.3) is 0 Å². The summed E-state index contributed by atoms with van der Waals surface area (Å²) in [6, 6.07) is 4.12. The van der Waals surface area contributed by atoms with Crippen molar-refractivity contribution in [3.05, 3.63) is 29.0 Å². The summed E-state index contributed by atoms with van der Waals surface area (Å²) in [4.78, 5) is 8.39. The van der Waals surface area contributed by atoms with Crippen LogP contribution in [0.15, 0.2) is 23.3 Å². The summed E-state index contributed by atoms with van der Waals surface area (Å²) in [5, 5.41) is 3.75. The Morgan fingerprint density at radius 1 is 1.32 bits per heavy atom. The van der Waals surface area contributed by atoms with E-state index in [1.54, 1.807) is 12.3 Å². The first-order chi connectivity index (χ1) is 9.97. The van der Waals surface area contributed by atoms with Crippen molar-refractivity contribution in [3.8, 4) is 0 Å². The number of pyridine rings is 1. The third kappa shape index (κ3) is 10.2. The third-order valence-electron chi connectivity index (χ3n) is 3.28. The van der Waals surface area contributed by atoms with Crippen molar-refractivity contribution in [1.29, 1.82) is 0 Å². The van der Waals surface area contributed by atoms with Crippen molar-refractivity contribution in [3.63, 3.8) is 0 Å². The van der Waals surface area contributed by atoms with Crippen LogP contribution in [0.2, 0.25) is 5.15 Å². The van der Waals surface area contributed by atoms with Gasteiger partial charge in [-0.2, -0.15) is 0 Å². The lowest BCUT2D eigenvalue weighted by atomic mass is 10.0. The van der Waals surface area contributed by atoms with E-state index >= 15 is 0 Å². The van der Waals surface area contributed by atoms with Crippen LogP contribution in [0, 0.1) is 5.92 Å². The second kappa shape index (κ2) is 11.9. The summed E-state index contributed by atoms with van der Waals surface area (Å²) in [6.45, 7) is 7.30. The fourth-order valence-corrected chi connectivity index (χ4v) is 2.17. The zero-order valence-corrected chi connectivity index (χ0v) is 16.8. The number of nitrogens with zero attached hydrogens (tertiary/aromatic N) is 2. The van der Waals surface area contributed by atoms with Crippen molar-refractivity contribution in [2.75, 3.05) is 6.54 Å². The van der Waals surface area contributed by atoms with E-state index in [2.05, 4.69) is 36.1 Å². The monoisotopic (exact) mass is 438 g/mol. The van der Waals surface area contributed by atoms with Crippen LogP contribution in [-0.2, 0) is 6.42 Å². The first-order valence-electron chi connectivity index (χ1n) is 7.64. The Morgan fingerprint density at radius 2 is 2.05 bits per heavy atom. The minimum absolute atomic E-state index is 0. The molecule has 3 N–H and O–H groups in total. The lowest BCUT2D eigenvalue weighted by Crippen LogP contribution is -2.38. The number of hydrogen-bond acceptors (Lipinski definition) is 2. The molecule has 0 saturated heterocycles. The molecule has 0 amide bonds. The van der Waals surface area contributed by atoms with Crippen molar-refractivity contribution in [2.45, 2.75) is 52.5 Å². The zero-order valence-electron chi connectivity index (χ0n) is 13.7. The van der Waals surface area contributed by atoms with Gasteiger partial charge in [0.2, 0.25) is 0 Å². The Balaban J connectivity index is 0.00000441. The van der Waals surface area contributed by atoms with Crippen LogP contribution in [0.4, 0.5) is 0 Å². The van der Waals surface area contributed by atoms with Gasteiger partial charge in [-0.15, -0.1) is 24.0 Å². The van der Waals surface area contributed by atoms with E-state index in [1.807, 2.05) is 6.07 Å². The van der Waals surface area contributed by atoms with Crippen molar-refractivity contribution < 1.29 is 0 Å². The molecule has 1 aromatic heterocycles. The second-order valence-electron chi connectivity index (χ2n) is 5.88. The smallest absolute Gasteiger partial charge is 0.188 e. The van der Waals surface area contributed by atoms with E-state index < -0.39 is 0 Å². The van der Waals surface area contributed by atoms with Gasteiger partial charge in [-0.05, 0) is 37.3 Å². The second-order valence-corrected chi connectivity index (χ2v) is 6.26. The normalized spacial score (nSPS) is 12.9. The summed E-state index contributed by atoms with van der Waals surface area (Å²) < 4.78 is 0. The lowest BCUT2D eigenvalue weighted by molar-refractivity contribution is 0.493. The molecule has 1 atom stereocenters. The van der Waals surface area contributed by atoms with Gasteiger partial charge in [-0.25, -0.2) is 4.98 Å². The van der Waals surface area contributed by atoms with Gasteiger partial charge in [0.05, 0.1) is 0 Å². The Labute approximate surface area is 156 Å². The van der Waals surface area contributed by atoms with Gasteiger partial charge in [-0.3, -0.25) is 4.99 Å². The van der Waals surface area contributed by atoms with Crippen LogP contribution in [0.5, 0.6) is 0 Å². The first-order valence-corrected chi connectivity index (χ1v) is 8.02. The maximum atomic E-state index is 5.90. The molecule has 0 aromatic carbocycles. The molecule has 0 bridgehead atoms. The molecule has 0 spiro atoms. The fourth-order valence-electron chi connectivity index (χ4n) is 2.06. The van der Waals surface area contributed by atoms with Crippen LogP contribution in [-0.4, -0.2) is 23.5 Å². The summed E-state index contributed by atoms with van der Waals surface area (Å²) in [7, 11) is 0. The summed E-state index contributed by atoms with van der Waals surface area (Å²) in [5.41, 5.74) is 7.01. The average Bonchev–Trinajstić information content (AvgIpc) is 2.40. The van der Waals surface area contributed by atoms with E-state index in [9.17, 15) is 0 Å². The highest BCUT2D eigenvalue weighted by Gasteiger charge is 2.03. The van der Waals surface area contributed by atoms with E-state index in [0.717, 1.165) is 24.3 Å². The Bertz CT molecular complexity index is 434. The summed E-state index contributed by atoms with van der Waals surface area (Å²) in [5.74, 6) is 1.28. The maximum Gasteiger partial charge on any atom is 0.188 e. The highest BCUT2D eigenvalue weighted by atomic mass is 127. The molecule has 1 unspecified atom stereocenters. The Kier molecular flexibility index (Phi) is 11.6. The number of rotatable bonds is 8. The van der Waals surface area contributed by atoms with Gasteiger partial charge in [0, 0.05) is 18.8 Å². The molecule has 0 fully saturated rings. The number of guanidine groups is 1. The highest BCUT2D eigenvalue weighted by molar-refractivity contribution is 14.0. The summed E-state index contributed by atoms with van der Waals surface area (Å²) >= 11 is 5.75. The molecule has 0 aliphatic rings. The summed E-state index contributed by atoms with van der Waals surface area (Å²) in [6.07, 6.45) is 6.18. The van der Waals surface area contributed by atoms with Crippen molar-refractivity contribution in [2.24, 2.45) is 16.6 Å². The molecule has 22 heavy (non-hydrogen) atoms. The maximum absolute atomic E-state index is 5.90. The molecule has 1 rings (SSSR count). The number of nitrogens with one attached hydrogen (secondary N) is 1. The van der Waals surface area contributed by atoms with Gasteiger partial charge in [-0.1, -0.05) is 44.4 Å². The van der Waals surface area contributed by atoms with E-state index in [4.69, 9.17) is 17.3 Å². The van der Waals surface area contributed by atoms with Crippen molar-refractivity contribution in [1.82, 2.24) is 10.3 Å². The van der Waals surface area contributed by atoms with Crippen LogP contribution in [0.1, 0.15) is 45.6 Å². The lowest BCUT2D eigenvalue weighted by Gasteiger charge is -2.15. The van der Waals surface area contributed by atoms with Crippen LogP contribution >= 0.6 is 35.6 Å². The van der Waals surface area contributed by atoms with E-state index in [-0.39, 0.29) is 24.0 Å². The predicted octanol–water partition coefficient (Wildman–Crippen LogP) is 4.01. The van der Waals surface area contributed by atoms with Crippen LogP contribution in [0.3, 0.4) is 0 Å². The predicted molar refractivity (Wildman–Crippen MR) is 106 cm³/mol. The molecule has 1 heterocycles. The topological polar surface area (TPSA) is 63.3 Å². The van der Waals surface area contributed by atoms with Crippen LogP contribution < -0.4 is 11.1 Å². The first kappa shape index (κ1) is 21.4. The zero-order chi connectivity index (χ0) is 15.7. The minimum atomic E-state index is 0. The molecule has 4 nitrogen and oxygen atoms in total. The van der Waals surface area contributed by atoms with Crippen LogP contribution in [0.25, 0.3) is 0 Å². The molecule has 6 heteroatoms. The molecule has 126 valence electrons. The van der Waals surface area contributed by atoms with Gasteiger partial charge in [0.1, 0.15) is 5.15 Å². The number of halogens is 2. The highest BCUT2D eigenvalue weighted by Crippen LogP contribution is 2.08. The SMILES string of the molecule is CC(C)CCCC(C)NC(N)=NCCc1ccc(Cl)nc1.I. The minimum Gasteiger partial charge on any atom is -0.370 e. The number of aromatic nitrogens is 1. The third-order valence-corrected chi connectivity index (χ3v) is 3.51. The van der Waals surface area contributed by atoms with Gasteiger partial charge < -0.3 is 11.1 Å². The molecule has 0 saturated carbocycles. The van der Waals surface area contributed by atoms with E-state index in [1.165, 1.54) is 12.8 Å². The number of hydrogen-bond donors (Lipinski definition) is 2. The van der Waals surface area contributed by atoms with Gasteiger partial charge in [0.15, 0.2) is 5.96 Å². The van der Waals surface area contributed by atoms with E-state index in [0.29, 0.717) is 23.7 Å². The Hall–Kier alpha value is -0.560. The molecule has 0 aliphatic carbocycles. The molecular formula is C16H28ClIN4. The molecule has 0 radical (unpaired) electrons. The molecule has 1 aromatic rings. The number of nitrogens with two attached hydrogens (primary N) is 1. The Morgan fingerprint density at radius 3 is 2.64 bits per heavy atom. The fraction of sp³-hybridized carbons (Fsp3) is 0.625. The quantitative estimate of drug-likeness (QED) is 0.279. The van der Waals surface area contributed by atoms with Crippen molar-refractivity contribution >= 4 is 41.5 Å².